The van der Waals surface area contributed by atoms with Gasteiger partial charge in [-0.3, -0.25) is 19.5 Å². The normalized spacial score (nSPS) is 10.7. The molecule has 1 heterocycles. The number of hydrogen-bond acceptors (Lipinski definition) is 6. The number of thioether (sulfide) groups is 1. The lowest BCUT2D eigenvalue weighted by atomic mass is 10.1. The number of benzene rings is 3. The van der Waals surface area contributed by atoms with Crippen LogP contribution in [0, 0.1) is 17.0 Å². The molecule has 0 radical (unpaired) electrons. The average Bonchev–Trinajstić information content (AvgIpc) is 3.24. The van der Waals surface area contributed by atoms with Gasteiger partial charge in [-0.25, -0.2) is 0 Å². The fourth-order valence-corrected chi connectivity index (χ4v) is 4.02. The van der Waals surface area contributed by atoms with Crippen LogP contribution in [-0.2, 0) is 4.79 Å². The molecule has 0 aliphatic rings. The first-order valence-corrected chi connectivity index (χ1v) is 11.2. The van der Waals surface area contributed by atoms with E-state index in [1.54, 1.807) is 0 Å². The molecule has 0 spiro atoms. The number of aryl methyl sites for hydroxylation is 1. The molecule has 0 atom stereocenters. The van der Waals surface area contributed by atoms with E-state index in [-0.39, 0.29) is 17.3 Å². The van der Waals surface area contributed by atoms with Crippen molar-refractivity contribution in [1.82, 2.24) is 14.8 Å². The number of rotatable bonds is 7. The summed E-state index contributed by atoms with van der Waals surface area (Å²) in [4.78, 5) is 22.8. The summed E-state index contributed by atoms with van der Waals surface area (Å²) in [6.07, 6.45) is 0. The van der Waals surface area contributed by atoms with Crippen LogP contribution in [0.2, 0.25) is 5.02 Å². The van der Waals surface area contributed by atoms with Gasteiger partial charge in [-0.15, -0.1) is 10.2 Å². The molecular formula is C23H18ClN5O3S. The molecule has 0 unspecified atom stereocenters. The fourth-order valence-electron chi connectivity index (χ4n) is 3.09. The first-order valence-electron chi connectivity index (χ1n) is 9.87. The molecule has 10 heteroatoms. The molecule has 0 aliphatic carbocycles. The van der Waals surface area contributed by atoms with Crippen molar-refractivity contribution in [3.63, 3.8) is 0 Å². The lowest BCUT2D eigenvalue weighted by Crippen LogP contribution is -2.14. The highest BCUT2D eigenvalue weighted by molar-refractivity contribution is 7.99. The number of carbonyl (C=O) groups excluding carboxylic acids is 1. The van der Waals surface area contributed by atoms with Gasteiger partial charge in [-0.05, 0) is 42.8 Å². The average molecular weight is 480 g/mol. The quantitative estimate of drug-likeness (QED) is 0.212. The third-order valence-corrected chi connectivity index (χ3v) is 6.11. The highest BCUT2D eigenvalue weighted by Crippen LogP contribution is 2.30. The van der Waals surface area contributed by atoms with Gasteiger partial charge in [0.05, 0.1) is 10.7 Å². The molecule has 0 bridgehead atoms. The number of nitro benzene ring substituents is 1. The van der Waals surface area contributed by atoms with E-state index in [9.17, 15) is 14.9 Å². The molecule has 3 aromatic carbocycles. The SMILES string of the molecule is Cc1ccc(-c2nnc(SCC(=O)Nc3ccc([N+](=O)[O-])cc3)n2-c2ccccc2)cc1Cl. The van der Waals surface area contributed by atoms with Gasteiger partial charge in [0.2, 0.25) is 5.91 Å². The minimum Gasteiger partial charge on any atom is -0.325 e. The van der Waals surface area contributed by atoms with Crippen molar-refractivity contribution >= 4 is 40.6 Å². The Balaban J connectivity index is 1.56. The number of anilines is 1. The number of nitro groups is 1. The minimum atomic E-state index is -0.489. The van der Waals surface area contributed by atoms with E-state index in [1.165, 1.54) is 36.0 Å². The molecule has 4 aromatic rings. The van der Waals surface area contributed by atoms with Crippen molar-refractivity contribution in [3.05, 3.63) is 93.5 Å². The van der Waals surface area contributed by atoms with Crippen molar-refractivity contribution in [2.75, 3.05) is 11.1 Å². The van der Waals surface area contributed by atoms with E-state index in [4.69, 9.17) is 11.6 Å². The molecular weight excluding hydrogens is 462 g/mol. The zero-order valence-corrected chi connectivity index (χ0v) is 19.0. The van der Waals surface area contributed by atoms with E-state index in [0.29, 0.717) is 21.7 Å². The van der Waals surface area contributed by atoms with Crippen molar-refractivity contribution in [3.8, 4) is 17.1 Å². The topological polar surface area (TPSA) is 103 Å². The highest BCUT2D eigenvalue weighted by Gasteiger charge is 2.18. The third kappa shape index (κ3) is 5.21. The summed E-state index contributed by atoms with van der Waals surface area (Å²) < 4.78 is 1.88. The van der Waals surface area contributed by atoms with Crippen molar-refractivity contribution in [2.24, 2.45) is 0 Å². The summed E-state index contributed by atoms with van der Waals surface area (Å²) in [5, 5.41) is 23.4. The van der Waals surface area contributed by atoms with Gasteiger partial charge < -0.3 is 5.32 Å². The maximum atomic E-state index is 12.5. The molecule has 0 aliphatic heterocycles. The van der Waals surface area contributed by atoms with Crippen molar-refractivity contribution in [1.29, 1.82) is 0 Å². The summed E-state index contributed by atoms with van der Waals surface area (Å²) in [6.45, 7) is 1.93. The predicted octanol–water partition coefficient (Wildman–Crippen LogP) is 5.54. The highest BCUT2D eigenvalue weighted by atomic mass is 35.5. The molecule has 0 saturated carbocycles. The number of nitrogens with zero attached hydrogens (tertiary/aromatic N) is 4. The Morgan fingerprint density at radius 1 is 1.09 bits per heavy atom. The molecule has 0 fully saturated rings. The van der Waals surface area contributed by atoms with Crippen LogP contribution in [0.3, 0.4) is 0 Å². The smallest absolute Gasteiger partial charge is 0.269 e. The number of halogens is 1. The molecule has 1 amide bonds. The summed E-state index contributed by atoms with van der Waals surface area (Å²) >= 11 is 7.56. The first-order chi connectivity index (χ1) is 15.9. The molecule has 4 rings (SSSR count). The summed E-state index contributed by atoms with van der Waals surface area (Å²) in [7, 11) is 0. The Kier molecular flexibility index (Phi) is 6.71. The van der Waals surface area contributed by atoms with Gasteiger partial charge in [0, 0.05) is 34.1 Å². The Hall–Kier alpha value is -3.69. The van der Waals surface area contributed by atoms with Gasteiger partial charge in [-0.2, -0.15) is 0 Å². The number of non-ortho nitro benzene ring substituents is 1. The van der Waals surface area contributed by atoms with Crippen LogP contribution in [0.5, 0.6) is 0 Å². The molecule has 166 valence electrons. The van der Waals surface area contributed by atoms with Gasteiger partial charge in [0.15, 0.2) is 11.0 Å². The zero-order valence-electron chi connectivity index (χ0n) is 17.4. The van der Waals surface area contributed by atoms with E-state index < -0.39 is 4.92 Å². The number of carbonyl (C=O) groups is 1. The lowest BCUT2D eigenvalue weighted by Gasteiger charge is -2.11. The van der Waals surface area contributed by atoms with Crippen LogP contribution in [0.4, 0.5) is 11.4 Å². The molecule has 0 saturated heterocycles. The Bertz CT molecular complexity index is 1310. The number of para-hydroxylation sites is 1. The van der Waals surface area contributed by atoms with Crippen molar-refractivity contribution < 1.29 is 9.72 Å². The van der Waals surface area contributed by atoms with E-state index >= 15 is 0 Å². The van der Waals surface area contributed by atoms with Crippen LogP contribution >= 0.6 is 23.4 Å². The van der Waals surface area contributed by atoms with Crippen molar-refractivity contribution in [2.45, 2.75) is 12.1 Å². The van der Waals surface area contributed by atoms with Gasteiger partial charge >= 0.3 is 0 Å². The van der Waals surface area contributed by atoms with Crippen LogP contribution in [0.15, 0.2) is 78.0 Å². The number of amides is 1. The number of hydrogen-bond donors (Lipinski definition) is 1. The van der Waals surface area contributed by atoms with Gasteiger partial charge in [-0.1, -0.05) is 53.7 Å². The van der Waals surface area contributed by atoms with Crippen LogP contribution in [-0.4, -0.2) is 31.3 Å². The van der Waals surface area contributed by atoms with E-state index in [2.05, 4.69) is 15.5 Å². The fraction of sp³-hybridized carbons (Fsp3) is 0.0870. The first kappa shape index (κ1) is 22.5. The maximum absolute atomic E-state index is 12.5. The van der Waals surface area contributed by atoms with Crippen LogP contribution in [0.1, 0.15) is 5.56 Å². The van der Waals surface area contributed by atoms with E-state index in [1.807, 2.05) is 60.0 Å². The Morgan fingerprint density at radius 3 is 2.48 bits per heavy atom. The predicted molar refractivity (Wildman–Crippen MR) is 129 cm³/mol. The largest absolute Gasteiger partial charge is 0.325 e. The second-order valence-electron chi connectivity index (χ2n) is 7.08. The number of nitrogens with one attached hydrogen (secondary N) is 1. The molecule has 33 heavy (non-hydrogen) atoms. The second kappa shape index (κ2) is 9.85. The summed E-state index contributed by atoms with van der Waals surface area (Å²) in [5.74, 6) is 0.425. The maximum Gasteiger partial charge on any atom is 0.269 e. The van der Waals surface area contributed by atoms with Gasteiger partial charge in [0.25, 0.3) is 5.69 Å². The van der Waals surface area contributed by atoms with Crippen LogP contribution < -0.4 is 5.32 Å². The standard InChI is InChI=1S/C23H18ClN5O3S/c1-15-7-8-16(13-20(15)24)22-26-27-23(28(22)18-5-3-2-4-6-18)33-14-21(30)25-17-9-11-19(12-10-17)29(31)32/h2-13H,14H2,1H3,(H,25,30). The molecule has 8 nitrogen and oxygen atoms in total. The zero-order chi connectivity index (χ0) is 23.4. The number of aromatic nitrogens is 3. The second-order valence-corrected chi connectivity index (χ2v) is 8.43. The lowest BCUT2D eigenvalue weighted by molar-refractivity contribution is -0.384. The molecule has 1 aromatic heterocycles. The van der Waals surface area contributed by atoms with E-state index in [0.717, 1.165) is 16.8 Å². The minimum absolute atomic E-state index is 0.0397. The summed E-state index contributed by atoms with van der Waals surface area (Å²) in [5.41, 5.74) is 3.06. The monoisotopic (exact) mass is 479 g/mol. The summed E-state index contributed by atoms with van der Waals surface area (Å²) in [6, 6.07) is 21.0. The van der Waals surface area contributed by atoms with Crippen LogP contribution in [0.25, 0.3) is 17.1 Å². The Labute approximate surface area is 198 Å². The third-order valence-electron chi connectivity index (χ3n) is 4.77. The molecule has 1 N–H and O–H groups in total. The van der Waals surface area contributed by atoms with Gasteiger partial charge in [0.1, 0.15) is 0 Å². The Morgan fingerprint density at radius 2 is 1.82 bits per heavy atom.